The average Bonchev–Trinajstić information content (AvgIpc) is 2.58. The van der Waals surface area contributed by atoms with Crippen molar-refractivity contribution < 1.29 is 14.0 Å². The molecular formula is C16H21FN4O2. The summed E-state index contributed by atoms with van der Waals surface area (Å²) in [6.07, 6.45) is 7.20. The van der Waals surface area contributed by atoms with Crippen LogP contribution in [0.4, 0.5) is 9.18 Å². The summed E-state index contributed by atoms with van der Waals surface area (Å²) in [5.41, 5.74) is 0.215. The van der Waals surface area contributed by atoms with Gasteiger partial charge >= 0.3 is 6.03 Å². The van der Waals surface area contributed by atoms with E-state index in [2.05, 4.69) is 20.6 Å². The first-order valence-corrected chi connectivity index (χ1v) is 7.83. The lowest BCUT2D eigenvalue weighted by Crippen LogP contribution is -2.39. The summed E-state index contributed by atoms with van der Waals surface area (Å²) < 4.78 is 13.4. The molecule has 0 bridgehead atoms. The van der Waals surface area contributed by atoms with Gasteiger partial charge in [-0.25, -0.2) is 19.0 Å². The van der Waals surface area contributed by atoms with Crippen molar-refractivity contribution in [2.24, 2.45) is 16.8 Å². The van der Waals surface area contributed by atoms with Crippen molar-refractivity contribution in [3.63, 3.8) is 0 Å². The van der Waals surface area contributed by atoms with Gasteiger partial charge in [0.05, 0.1) is 18.8 Å². The van der Waals surface area contributed by atoms with Crippen LogP contribution < -0.4 is 10.6 Å². The highest BCUT2D eigenvalue weighted by Crippen LogP contribution is 2.28. The maximum Gasteiger partial charge on any atom is 0.315 e. The zero-order valence-electron chi connectivity index (χ0n) is 12.9. The number of nitrogens with one attached hydrogen (secondary N) is 2. The lowest BCUT2D eigenvalue weighted by Gasteiger charge is -2.28. The van der Waals surface area contributed by atoms with E-state index < -0.39 is 5.82 Å². The van der Waals surface area contributed by atoms with Gasteiger partial charge in [0, 0.05) is 12.7 Å². The molecule has 1 fully saturated rings. The topological polar surface area (TPSA) is 83.5 Å². The SMILES string of the molecule is O=C=NCC1CCCC(CNC(=O)NCc2ncccc2F)C1. The minimum Gasteiger partial charge on any atom is -0.338 e. The molecule has 2 atom stereocenters. The predicted molar refractivity (Wildman–Crippen MR) is 82.9 cm³/mol. The zero-order chi connectivity index (χ0) is 16.5. The molecule has 6 nitrogen and oxygen atoms in total. The first-order chi connectivity index (χ1) is 11.2. The minimum atomic E-state index is -0.432. The minimum absolute atomic E-state index is 0.0554. The van der Waals surface area contributed by atoms with Gasteiger partial charge in [0.2, 0.25) is 6.08 Å². The van der Waals surface area contributed by atoms with Crippen molar-refractivity contribution in [1.82, 2.24) is 15.6 Å². The first-order valence-electron chi connectivity index (χ1n) is 7.83. The quantitative estimate of drug-likeness (QED) is 0.622. The molecule has 1 saturated carbocycles. The van der Waals surface area contributed by atoms with Crippen molar-refractivity contribution in [2.45, 2.75) is 32.2 Å². The number of rotatable bonds is 6. The van der Waals surface area contributed by atoms with Crippen LogP contribution >= 0.6 is 0 Å². The number of nitrogens with zero attached hydrogens (tertiary/aromatic N) is 2. The van der Waals surface area contributed by atoms with Crippen molar-refractivity contribution in [3.8, 4) is 0 Å². The van der Waals surface area contributed by atoms with Crippen LogP contribution in [0.2, 0.25) is 0 Å². The third kappa shape index (κ3) is 5.79. The Kier molecular flexibility index (Phi) is 6.69. The molecule has 1 aromatic rings. The molecule has 1 heterocycles. The number of aliphatic imine (C=N–C) groups is 1. The molecular weight excluding hydrogens is 299 g/mol. The van der Waals surface area contributed by atoms with E-state index >= 15 is 0 Å². The number of hydrogen-bond acceptors (Lipinski definition) is 4. The molecule has 124 valence electrons. The Morgan fingerprint density at radius 3 is 3.00 bits per heavy atom. The normalized spacial score (nSPS) is 20.4. The Hall–Kier alpha value is -2.27. The highest BCUT2D eigenvalue weighted by atomic mass is 19.1. The molecule has 7 heteroatoms. The van der Waals surface area contributed by atoms with E-state index in [1.54, 1.807) is 6.08 Å². The Morgan fingerprint density at radius 2 is 2.22 bits per heavy atom. The second-order valence-electron chi connectivity index (χ2n) is 5.83. The van der Waals surface area contributed by atoms with Crippen molar-refractivity contribution in [3.05, 3.63) is 29.8 Å². The summed E-state index contributed by atoms with van der Waals surface area (Å²) in [7, 11) is 0. The van der Waals surface area contributed by atoms with E-state index in [1.165, 1.54) is 18.3 Å². The highest BCUT2D eigenvalue weighted by molar-refractivity contribution is 5.73. The Labute approximate surface area is 134 Å². The third-order valence-corrected chi connectivity index (χ3v) is 4.11. The number of urea groups is 1. The van der Waals surface area contributed by atoms with Crippen LogP contribution in [0.3, 0.4) is 0 Å². The predicted octanol–water partition coefficient (Wildman–Crippen LogP) is 2.16. The lowest BCUT2D eigenvalue weighted by atomic mass is 9.81. The molecule has 0 spiro atoms. The molecule has 2 amide bonds. The molecule has 2 rings (SSSR count). The fourth-order valence-electron chi connectivity index (χ4n) is 2.93. The van der Waals surface area contributed by atoms with Crippen LogP contribution in [0.25, 0.3) is 0 Å². The maximum absolute atomic E-state index is 13.4. The molecule has 0 aromatic carbocycles. The summed E-state index contributed by atoms with van der Waals surface area (Å²) in [6, 6.07) is 2.49. The maximum atomic E-state index is 13.4. The standard InChI is InChI=1S/C16H21FN4O2/c17-14-5-2-6-19-15(14)10-21-16(23)20-9-13-4-1-3-12(7-13)8-18-11-22/h2,5-6,12-13H,1,3-4,7-10H2,(H2,20,21,23). The van der Waals surface area contributed by atoms with Gasteiger partial charge in [-0.3, -0.25) is 4.98 Å². The number of hydrogen-bond donors (Lipinski definition) is 2. The van der Waals surface area contributed by atoms with E-state index in [-0.39, 0.29) is 18.3 Å². The van der Waals surface area contributed by atoms with Crippen LogP contribution in [0.15, 0.2) is 23.3 Å². The summed E-state index contributed by atoms with van der Waals surface area (Å²) in [5.74, 6) is 0.342. The van der Waals surface area contributed by atoms with Gasteiger partial charge in [-0.15, -0.1) is 0 Å². The van der Waals surface area contributed by atoms with E-state index in [4.69, 9.17) is 0 Å². The molecule has 1 aliphatic carbocycles. The van der Waals surface area contributed by atoms with Crippen LogP contribution in [0, 0.1) is 17.7 Å². The fraction of sp³-hybridized carbons (Fsp3) is 0.562. The van der Waals surface area contributed by atoms with Gasteiger partial charge in [0.25, 0.3) is 0 Å². The van der Waals surface area contributed by atoms with Gasteiger partial charge in [-0.2, -0.15) is 0 Å². The van der Waals surface area contributed by atoms with E-state index in [1.807, 2.05) is 0 Å². The van der Waals surface area contributed by atoms with Gasteiger partial charge in [-0.05, 0) is 43.2 Å². The Balaban J connectivity index is 1.69. The number of isocyanates is 1. The molecule has 1 aromatic heterocycles. The van der Waals surface area contributed by atoms with Crippen LogP contribution in [-0.4, -0.2) is 30.2 Å². The van der Waals surface area contributed by atoms with E-state index in [9.17, 15) is 14.0 Å². The number of pyridine rings is 1. The second kappa shape index (κ2) is 9.00. The summed E-state index contributed by atoms with van der Waals surface area (Å²) in [4.78, 5) is 29.5. The fourth-order valence-corrected chi connectivity index (χ4v) is 2.93. The Morgan fingerprint density at radius 1 is 1.39 bits per heavy atom. The van der Waals surface area contributed by atoms with Gasteiger partial charge < -0.3 is 10.6 Å². The van der Waals surface area contributed by atoms with Crippen molar-refractivity contribution in [2.75, 3.05) is 13.1 Å². The first kappa shape index (κ1) is 17.1. The molecule has 23 heavy (non-hydrogen) atoms. The monoisotopic (exact) mass is 320 g/mol. The molecule has 0 saturated heterocycles. The number of aromatic nitrogens is 1. The Bertz CT molecular complexity index is 575. The molecule has 2 unspecified atom stereocenters. The number of amides is 2. The molecule has 1 aliphatic rings. The van der Waals surface area contributed by atoms with Gasteiger partial charge in [-0.1, -0.05) is 6.42 Å². The summed E-state index contributed by atoms with van der Waals surface area (Å²) in [5, 5.41) is 5.41. The van der Waals surface area contributed by atoms with Crippen LogP contribution in [0.5, 0.6) is 0 Å². The molecule has 2 N–H and O–H groups in total. The average molecular weight is 320 g/mol. The van der Waals surface area contributed by atoms with E-state index in [0.29, 0.717) is 24.9 Å². The summed E-state index contributed by atoms with van der Waals surface area (Å²) >= 11 is 0. The number of halogens is 1. The number of carbonyl (C=O) groups excluding carboxylic acids is 2. The summed E-state index contributed by atoms with van der Waals surface area (Å²) in [6.45, 7) is 1.14. The van der Waals surface area contributed by atoms with E-state index in [0.717, 1.165) is 25.7 Å². The van der Waals surface area contributed by atoms with Crippen LogP contribution in [0.1, 0.15) is 31.4 Å². The smallest absolute Gasteiger partial charge is 0.315 e. The third-order valence-electron chi connectivity index (χ3n) is 4.11. The number of carbonyl (C=O) groups is 1. The molecule has 0 radical (unpaired) electrons. The highest BCUT2D eigenvalue weighted by Gasteiger charge is 2.22. The van der Waals surface area contributed by atoms with Crippen LogP contribution in [-0.2, 0) is 11.3 Å². The van der Waals surface area contributed by atoms with Gasteiger partial charge in [0.1, 0.15) is 5.82 Å². The van der Waals surface area contributed by atoms with Crippen molar-refractivity contribution in [1.29, 1.82) is 0 Å². The lowest BCUT2D eigenvalue weighted by molar-refractivity contribution is 0.229. The van der Waals surface area contributed by atoms with Gasteiger partial charge in [0.15, 0.2) is 0 Å². The zero-order valence-corrected chi connectivity index (χ0v) is 12.9. The molecule has 0 aliphatic heterocycles. The largest absolute Gasteiger partial charge is 0.338 e. The second-order valence-corrected chi connectivity index (χ2v) is 5.83. The van der Waals surface area contributed by atoms with Crippen molar-refractivity contribution >= 4 is 12.1 Å².